The van der Waals surface area contributed by atoms with Gasteiger partial charge in [-0.3, -0.25) is 0 Å². The van der Waals surface area contributed by atoms with E-state index in [2.05, 4.69) is 6.07 Å². The van der Waals surface area contributed by atoms with Crippen LogP contribution in [0.25, 0.3) is 0 Å². The molecular formula is C30H19Cl3N2O4. The van der Waals surface area contributed by atoms with Crippen LogP contribution in [0, 0.1) is 11.3 Å². The average Bonchev–Trinajstić information content (AvgIpc) is 2.92. The Balaban J connectivity index is 1.41. The number of esters is 1. The largest absolute Gasteiger partial charge is 0.489 e. The van der Waals surface area contributed by atoms with Gasteiger partial charge in [0.15, 0.2) is 0 Å². The van der Waals surface area contributed by atoms with Crippen LogP contribution in [0.1, 0.15) is 33.0 Å². The number of hydrogen-bond acceptors (Lipinski definition) is 6. The molecule has 1 unspecified atom stereocenters. The summed E-state index contributed by atoms with van der Waals surface area (Å²) in [4.78, 5) is 12.6. The third-order valence-corrected chi connectivity index (χ3v) is 6.92. The molecule has 0 spiro atoms. The Morgan fingerprint density at radius 1 is 0.923 bits per heavy atom. The van der Waals surface area contributed by atoms with Crippen LogP contribution < -0.4 is 19.9 Å². The van der Waals surface area contributed by atoms with Crippen molar-refractivity contribution >= 4 is 40.8 Å². The van der Waals surface area contributed by atoms with Crippen molar-refractivity contribution in [3.05, 3.63) is 134 Å². The van der Waals surface area contributed by atoms with Gasteiger partial charge >= 0.3 is 5.97 Å². The van der Waals surface area contributed by atoms with E-state index in [9.17, 15) is 10.1 Å². The SMILES string of the molecule is N#CC1=C(N)Oc2cc(OC(=O)c3ccc(Cl)cc3)ccc2C1c1cccc(OCc2ccc(Cl)cc2Cl)c1. The highest BCUT2D eigenvalue weighted by Crippen LogP contribution is 2.44. The van der Waals surface area contributed by atoms with Gasteiger partial charge in [0.25, 0.3) is 0 Å². The second kappa shape index (κ2) is 11.3. The summed E-state index contributed by atoms with van der Waals surface area (Å²) in [6, 6.07) is 26.0. The van der Waals surface area contributed by atoms with Crippen LogP contribution in [0.15, 0.2) is 96.4 Å². The second-order valence-electron chi connectivity index (χ2n) is 8.62. The summed E-state index contributed by atoms with van der Waals surface area (Å²) in [7, 11) is 0. The molecule has 1 atom stereocenters. The third-order valence-electron chi connectivity index (χ3n) is 6.08. The number of benzene rings is 4. The summed E-state index contributed by atoms with van der Waals surface area (Å²) in [5, 5.41) is 11.5. The predicted molar refractivity (Wildman–Crippen MR) is 149 cm³/mol. The number of carbonyl (C=O) groups is 1. The van der Waals surface area contributed by atoms with Crippen LogP contribution in [-0.2, 0) is 6.61 Å². The average molecular weight is 578 g/mol. The molecule has 1 heterocycles. The van der Waals surface area contributed by atoms with Crippen molar-refractivity contribution in [3.8, 4) is 23.3 Å². The van der Waals surface area contributed by atoms with Crippen molar-refractivity contribution in [2.24, 2.45) is 5.73 Å². The van der Waals surface area contributed by atoms with E-state index in [-0.39, 0.29) is 23.8 Å². The minimum atomic E-state index is -0.550. The van der Waals surface area contributed by atoms with Gasteiger partial charge in [-0.1, -0.05) is 59.1 Å². The molecule has 4 aromatic rings. The zero-order chi connectivity index (χ0) is 27.5. The van der Waals surface area contributed by atoms with Gasteiger partial charge in [0.1, 0.15) is 35.5 Å². The molecule has 2 N–H and O–H groups in total. The highest BCUT2D eigenvalue weighted by molar-refractivity contribution is 6.35. The molecular weight excluding hydrogens is 559 g/mol. The first kappa shape index (κ1) is 26.5. The fourth-order valence-electron chi connectivity index (χ4n) is 4.18. The number of nitriles is 1. The van der Waals surface area contributed by atoms with Crippen molar-refractivity contribution in [1.82, 2.24) is 0 Å². The number of carbonyl (C=O) groups excluding carboxylic acids is 1. The fraction of sp³-hybridized carbons (Fsp3) is 0.0667. The molecule has 4 aromatic carbocycles. The Morgan fingerprint density at radius 3 is 2.44 bits per heavy atom. The minimum Gasteiger partial charge on any atom is -0.489 e. The van der Waals surface area contributed by atoms with Crippen molar-refractivity contribution in [3.63, 3.8) is 0 Å². The molecule has 0 fully saturated rings. The van der Waals surface area contributed by atoms with E-state index in [1.165, 1.54) is 0 Å². The standard InChI is InChI=1S/C30H19Cl3N2O4/c31-20-7-4-17(5-8-20)30(36)38-23-10-11-24-27(14-23)39-29(35)25(15-34)28(24)18-2-1-3-22(12-18)37-16-19-6-9-21(32)13-26(19)33/h1-14,28H,16,35H2. The lowest BCUT2D eigenvalue weighted by molar-refractivity contribution is 0.0734. The molecule has 0 radical (unpaired) electrons. The van der Waals surface area contributed by atoms with Crippen molar-refractivity contribution in [1.29, 1.82) is 5.26 Å². The molecule has 1 aliphatic rings. The molecule has 0 saturated carbocycles. The second-order valence-corrected chi connectivity index (χ2v) is 9.90. The number of hydrogen-bond donors (Lipinski definition) is 1. The zero-order valence-corrected chi connectivity index (χ0v) is 22.4. The summed E-state index contributed by atoms with van der Waals surface area (Å²) in [5.41, 5.74) is 8.99. The van der Waals surface area contributed by atoms with Crippen LogP contribution in [-0.4, -0.2) is 5.97 Å². The van der Waals surface area contributed by atoms with Crippen LogP contribution in [0.2, 0.25) is 15.1 Å². The van der Waals surface area contributed by atoms with E-state index >= 15 is 0 Å². The first-order valence-electron chi connectivity index (χ1n) is 11.7. The third kappa shape index (κ3) is 5.81. The molecule has 0 aliphatic carbocycles. The Bertz CT molecular complexity index is 1650. The lowest BCUT2D eigenvalue weighted by Gasteiger charge is -2.27. The van der Waals surface area contributed by atoms with Gasteiger partial charge in [-0.15, -0.1) is 0 Å². The number of nitrogens with two attached hydrogens (primary N) is 1. The number of nitrogens with zero attached hydrogens (tertiary/aromatic N) is 1. The first-order chi connectivity index (χ1) is 18.8. The lowest BCUT2D eigenvalue weighted by atomic mass is 9.83. The quantitative estimate of drug-likeness (QED) is 0.187. The summed E-state index contributed by atoms with van der Waals surface area (Å²) in [5.74, 6) is 0.106. The van der Waals surface area contributed by atoms with Crippen LogP contribution in [0.5, 0.6) is 17.2 Å². The van der Waals surface area contributed by atoms with Gasteiger partial charge in [-0.2, -0.15) is 5.26 Å². The lowest BCUT2D eigenvalue weighted by Crippen LogP contribution is -2.21. The summed E-state index contributed by atoms with van der Waals surface area (Å²) in [6.45, 7) is 0.231. The van der Waals surface area contributed by atoms with Crippen LogP contribution in [0.3, 0.4) is 0 Å². The molecule has 5 rings (SSSR count). The molecule has 194 valence electrons. The van der Waals surface area contributed by atoms with Gasteiger partial charge in [0, 0.05) is 32.3 Å². The van der Waals surface area contributed by atoms with Crippen LogP contribution >= 0.6 is 34.8 Å². The molecule has 6 nitrogen and oxygen atoms in total. The monoisotopic (exact) mass is 576 g/mol. The smallest absolute Gasteiger partial charge is 0.343 e. The highest BCUT2D eigenvalue weighted by Gasteiger charge is 2.31. The molecule has 1 aliphatic heterocycles. The summed E-state index contributed by atoms with van der Waals surface area (Å²) in [6.07, 6.45) is 0. The van der Waals surface area contributed by atoms with E-state index in [1.54, 1.807) is 60.7 Å². The number of halogens is 3. The topological polar surface area (TPSA) is 94.6 Å². The van der Waals surface area contributed by atoms with Gasteiger partial charge in [0.2, 0.25) is 5.88 Å². The number of ether oxygens (including phenoxy) is 3. The van der Waals surface area contributed by atoms with E-state index in [0.717, 1.165) is 11.1 Å². The number of allylic oxidation sites excluding steroid dienone is 1. The maximum Gasteiger partial charge on any atom is 0.343 e. The van der Waals surface area contributed by atoms with E-state index in [0.29, 0.717) is 37.7 Å². The van der Waals surface area contributed by atoms with Gasteiger partial charge in [-0.25, -0.2) is 4.79 Å². The van der Waals surface area contributed by atoms with Crippen molar-refractivity contribution in [2.45, 2.75) is 12.5 Å². The number of rotatable bonds is 6. The molecule has 39 heavy (non-hydrogen) atoms. The van der Waals surface area contributed by atoms with Crippen molar-refractivity contribution < 1.29 is 19.0 Å². The Kier molecular flexibility index (Phi) is 7.67. The minimum absolute atomic E-state index is 0.0320. The molecule has 0 amide bonds. The van der Waals surface area contributed by atoms with Gasteiger partial charge < -0.3 is 19.9 Å². The fourth-order valence-corrected chi connectivity index (χ4v) is 4.77. The number of fused-ring (bicyclic) bond motifs is 1. The van der Waals surface area contributed by atoms with E-state index in [4.69, 9.17) is 54.7 Å². The molecule has 0 aromatic heterocycles. The van der Waals surface area contributed by atoms with Gasteiger partial charge in [-0.05, 0) is 60.2 Å². The molecule has 0 saturated heterocycles. The zero-order valence-electron chi connectivity index (χ0n) is 20.2. The van der Waals surface area contributed by atoms with Crippen LogP contribution in [0.4, 0.5) is 0 Å². The first-order valence-corrected chi connectivity index (χ1v) is 12.8. The summed E-state index contributed by atoms with van der Waals surface area (Å²) >= 11 is 18.2. The summed E-state index contributed by atoms with van der Waals surface area (Å²) < 4.78 is 17.3. The molecule has 9 heteroatoms. The van der Waals surface area contributed by atoms with E-state index < -0.39 is 11.9 Å². The Hall–Kier alpha value is -4.15. The maximum atomic E-state index is 12.6. The predicted octanol–water partition coefficient (Wildman–Crippen LogP) is 7.66. The van der Waals surface area contributed by atoms with E-state index in [1.807, 2.05) is 24.3 Å². The Labute approximate surface area is 239 Å². The van der Waals surface area contributed by atoms with Crippen molar-refractivity contribution in [2.75, 3.05) is 0 Å². The van der Waals surface area contributed by atoms with Gasteiger partial charge in [0.05, 0.1) is 11.5 Å². The molecule has 0 bridgehead atoms. The normalized spacial score (nSPS) is 14.2. The Morgan fingerprint density at radius 2 is 1.69 bits per heavy atom. The maximum absolute atomic E-state index is 12.6. The highest BCUT2D eigenvalue weighted by atomic mass is 35.5.